The summed E-state index contributed by atoms with van der Waals surface area (Å²) in [5, 5.41) is 17.3. The molecule has 0 saturated carbocycles. The van der Waals surface area contributed by atoms with Crippen LogP contribution < -0.4 is 10.6 Å². The Hall–Kier alpha value is -3.33. The van der Waals surface area contributed by atoms with E-state index in [1.807, 2.05) is 0 Å². The van der Waals surface area contributed by atoms with Crippen LogP contribution in [0, 0.1) is 21.7 Å². The van der Waals surface area contributed by atoms with Gasteiger partial charge in [0.25, 0.3) is 0 Å². The fourth-order valence-corrected chi connectivity index (χ4v) is 2.41. The molecule has 0 aliphatic heterocycles. The Kier molecular flexibility index (Phi) is 5.41. The second-order valence-corrected chi connectivity index (χ2v) is 5.84. The van der Waals surface area contributed by atoms with Gasteiger partial charge < -0.3 is 10.6 Å². The summed E-state index contributed by atoms with van der Waals surface area (Å²) in [5.74, 6) is -1.81. The van der Waals surface area contributed by atoms with Crippen molar-refractivity contribution in [3.8, 4) is 0 Å². The summed E-state index contributed by atoms with van der Waals surface area (Å²) in [6.45, 7) is 0.239. The highest BCUT2D eigenvalue weighted by Crippen LogP contribution is 2.32. The fraction of sp³-hybridized carbons (Fsp3) is 0.0588. The molecule has 0 aliphatic rings. The van der Waals surface area contributed by atoms with Crippen LogP contribution in [0.4, 0.5) is 31.8 Å². The first-order valence-corrected chi connectivity index (χ1v) is 8.01. The maximum absolute atomic E-state index is 13.8. The van der Waals surface area contributed by atoms with E-state index in [1.54, 1.807) is 24.3 Å². The number of hydrogen-bond acceptors (Lipinski definition) is 6. The van der Waals surface area contributed by atoms with E-state index >= 15 is 0 Å². The van der Waals surface area contributed by atoms with Crippen molar-refractivity contribution in [2.45, 2.75) is 6.54 Å². The predicted molar refractivity (Wildman–Crippen MR) is 97.1 cm³/mol. The van der Waals surface area contributed by atoms with Crippen LogP contribution >= 0.6 is 11.6 Å². The van der Waals surface area contributed by atoms with E-state index in [-0.39, 0.29) is 23.9 Å². The molecule has 1 aromatic heterocycles. The van der Waals surface area contributed by atoms with Crippen LogP contribution in [0.25, 0.3) is 0 Å². The minimum absolute atomic E-state index is 0.0655. The monoisotopic (exact) mass is 391 g/mol. The van der Waals surface area contributed by atoms with Gasteiger partial charge in [0.1, 0.15) is 18.0 Å². The third kappa shape index (κ3) is 4.45. The number of benzene rings is 2. The molecule has 7 nitrogen and oxygen atoms in total. The molecule has 0 amide bonds. The van der Waals surface area contributed by atoms with Crippen molar-refractivity contribution in [2.24, 2.45) is 0 Å². The van der Waals surface area contributed by atoms with E-state index in [9.17, 15) is 18.9 Å². The number of nitrogens with one attached hydrogen (secondary N) is 2. The summed E-state index contributed by atoms with van der Waals surface area (Å²) in [7, 11) is 0. The normalized spacial score (nSPS) is 10.5. The average molecular weight is 392 g/mol. The van der Waals surface area contributed by atoms with Crippen molar-refractivity contribution in [3.05, 3.63) is 81.1 Å². The lowest BCUT2D eigenvalue weighted by Crippen LogP contribution is -2.08. The molecule has 0 radical (unpaired) electrons. The fourth-order valence-electron chi connectivity index (χ4n) is 2.28. The maximum Gasteiger partial charge on any atom is 0.353 e. The molecule has 0 spiro atoms. The van der Waals surface area contributed by atoms with Crippen molar-refractivity contribution in [2.75, 3.05) is 10.6 Å². The summed E-state index contributed by atoms with van der Waals surface area (Å²) in [5.41, 5.74) is 0.0496. The number of nitro groups is 1. The first kappa shape index (κ1) is 18.5. The summed E-state index contributed by atoms with van der Waals surface area (Å²) >= 11 is 5.82. The Labute approximate surface area is 157 Å². The van der Waals surface area contributed by atoms with Gasteiger partial charge in [0.15, 0.2) is 0 Å². The number of anilines is 3. The van der Waals surface area contributed by atoms with E-state index < -0.39 is 22.2 Å². The molecule has 0 bridgehead atoms. The van der Waals surface area contributed by atoms with Gasteiger partial charge in [-0.3, -0.25) is 10.1 Å². The summed E-state index contributed by atoms with van der Waals surface area (Å²) in [6.07, 6.45) is 1.08. The summed E-state index contributed by atoms with van der Waals surface area (Å²) < 4.78 is 27.2. The predicted octanol–water partition coefficient (Wildman–Crippen LogP) is 4.67. The standard InChI is InChI=1S/C17H12ClF2N5O2/c18-11-3-1-10(2-4-11)8-21-16-15(25(26)27)17(23-9-22-16)24-14-7-12(19)5-6-13(14)20/h1-7,9H,8H2,(H2,21,22,23,24). The third-order valence-electron chi connectivity index (χ3n) is 3.56. The number of hydrogen-bond donors (Lipinski definition) is 2. The SMILES string of the molecule is O=[N+]([O-])c1c(NCc2ccc(Cl)cc2)ncnc1Nc1cc(F)ccc1F. The van der Waals surface area contributed by atoms with Gasteiger partial charge in [-0.2, -0.15) is 0 Å². The van der Waals surface area contributed by atoms with Crippen LogP contribution in [0.5, 0.6) is 0 Å². The number of rotatable bonds is 6. The molecule has 27 heavy (non-hydrogen) atoms. The summed E-state index contributed by atoms with van der Waals surface area (Å²) in [4.78, 5) is 18.5. The highest BCUT2D eigenvalue weighted by atomic mass is 35.5. The molecule has 3 rings (SSSR count). The lowest BCUT2D eigenvalue weighted by molar-refractivity contribution is -0.383. The first-order chi connectivity index (χ1) is 12.9. The van der Waals surface area contributed by atoms with Crippen molar-refractivity contribution < 1.29 is 13.7 Å². The molecule has 0 fully saturated rings. The second-order valence-electron chi connectivity index (χ2n) is 5.41. The van der Waals surface area contributed by atoms with E-state index in [0.717, 1.165) is 30.1 Å². The topological polar surface area (TPSA) is 93.0 Å². The van der Waals surface area contributed by atoms with Crippen molar-refractivity contribution in [1.29, 1.82) is 0 Å². The quantitative estimate of drug-likeness (QED) is 0.468. The molecule has 3 aromatic rings. The molecule has 2 aromatic carbocycles. The average Bonchev–Trinajstić information content (AvgIpc) is 2.64. The number of aromatic nitrogens is 2. The Balaban J connectivity index is 1.89. The zero-order valence-corrected chi connectivity index (χ0v) is 14.4. The highest BCUT2D eigenvalue weighted by Gasteiger charge is 2.23. The van der Waals surface area contributed by atoms with E-state index in [2.05, 4.69) is 20.6 Å². The van der Waals surface area contributed by atoms with Crippen molar-refractivity contribution in [1.82, 2.24) is 9.97 Å². The van der Waals surface area contributed by atoms with Gasteiger partial charge in [-0.15, -0.1) is 0 Å². The molecule has 1 heterocycles. The Morgan fingerprint density at radius 1 is 1.07 bits per heavy atom. The lowest BCUT2D eigenvalue weighted by Gasteiger charge is -2.11. The minimum atomic E-state index is -0.778. The molecule has 138 valence electrons. The van der Waals surface area contributed by atoms with Gasteiger partial charge in [0, 0.05) is 17.6 Å². The maximum atomic E-state index is 13.8. The zero-order chi connectivity index (χ0) is 19.4. The molecule has 2 N–H and O–H groups in total. The van der Waals surface area contributed by atoms with Crippen molar-refractivity contribution >= 4 is 34.6 Å². The lowest BCUT2D eigenvalue weighted by atomic mass is 10.2. The number of halogens is 3. The van der Waals surface area contributed by atoms with E-state index in [0.29, 0.717) is 5.02 Å². The molecule has 0 saturated heterocycles. The van der Waals surface area contributed by atoms with Crippen LogP contribution in [-0.4, -0.2) is 14.9 Å². The van der Waals surface area contributed by atoms with E-state index in [1.165, 1.54) is 0 Å². The van der Waals surface area contributed by atoms with Gasteiger partial charge in [-0.1, -0.05) is 23.7 Å². The molecule has 0 atom stereocenters. The second kappa shape index (κ2) is 7.92. The van der Waals surface area contributed by atoms with Crippen molar-refractivity contribution in [3.63, 3.8) is 0 Å². The highest BCUT2D eigenvalue weighted by molar-refractivity contribution is 6.30. The van der Waals surface area contributed by atoms with Gasteiger partial charge in [0.05, 0.1) is 10.6 Å². The van der Waals surface area contributed by atoms with Crippen LogP contribution in [0.2, 0.25) is 5.02 Å². The van der Waals surface area contributed by atoms with Gasteiger partial charge >= 0.3 is 5.69 Å². The van der Waals surface area contributed by atoms with Crippen LogP contribution in [0.3, 0.4) is 0 Å². The summed E-state index contributed by atoms with van der Waals surface area (Å²) in [6, 6.07) is 9.60. The molecule has 0 aliphatic carbocycles. The molecule has 0 unspecified atom stereocenters. The van der Waals surface area contributed by atoms with E-state index in [4.69, 9.17) is 11.6 Å². The Morgan fingerprint density at radius 3 is 2.48 bits per heavy atom. The van der Waals surface area contributed by atoms with Gasteiger partial charge in [-0.25, -0.2) is 18.7 Å². The minimum Gasteiger partial charge on any atom is -0.360 e. The van der Waals surface area contributed by atoms with Crippen LogP contribution in [0.15, 0.2) is 48.8 Å². The Bertz CT molecular complexity index is 986. The smallest absolute Gasteiger partial charge is 0.353 e. The molecule has 10 heteroatoms. The number of nitrogens with zero attached hydrogens (tertiary/aromatic N) is 3. The first-order valence-electron chi connectivity index (χ1n) is 7.64. The molecular formula is C17H12ClF2N5O2. The zero-order valence-electron chi connectivity index (χ0n) is 13.6. The molecular weight excluding hydrogens is 380 g/mol. The van der Waals surface area contributed by atoms with Crippen LogP contribution in [0.1, 0.15) is 5.56 Å². The van der Waals surface area contributed by atoms with Gasteiger partial charge in [-0.05, 0) is 29.8 Å². The Morgan fingerprint density at radius 2 is 1.78 bits per heavy atom. The largest absolute Gasteiger partial charge is 0.360 e. The third-order valence-corrected chi connectivity index (χ3v) is 3.81. The van der Waals surface area contributed by atoms with Gasteiger partial charge in [0.2, 0.25) is 11.6 Å². The van der Waals surface area contributed by atoms with Crippen LogP contribution in [-0.2, 0) is 6.54 Å².